The summed E-state index contributed by atoms with van der Waals surface area (Å²) >= 11 is 0. The van der Waals surface area contributed by atoms with Crippen molar-refractivity contribution < 1.29 is 22.8 Å². The predicted molar refractivity (Wildman–Crippen MR) is 75.5 cm³/mol. The van der Waals surface area contributed by atoms with E-state index >= 15 is 0 Å². The molecule has 0 aliphatic carbocycles. The third-order valence-electron chi connectivity index (χ3n) is 3.85. The van der Waals surface area contributed by atoms with Crippen LogP contribution in [0, 0.1) is 0 Å². The second-order valence-corrected chi connectivity index (χ2v) is 5.43. The minimum Gasteiger partial charge on any atom is -0.269 e. The van der Waals surface area contributed by atoms with Gasteiger partial charge in [-0.15, -0.1) is 0 Å². The van der Waals surface area contributed by atoms with E-state index in [2.05, 4.69) is 0 Å². The first kappa shape index (κ1) is 16.5. The van der Waals surface area contributed by atoms with Gasteiger partial charge >= 0.3 is 6.18 Å². The zero-order valence-electron chi connectivity index (χ0n) is 12.3. The fourth-order valence-corrected chi connectivity index (χ4v) is 2.69. The van der Waals surface area contributed by atoms with Crippen LogP contribution in [0.4, 0.5) is 13.2 Å². The standard InChI is InChI=1S/C16H18F3NO2/c1-2-3-4-5-10-13(16(17,18)19)20-14(21)11-8-6-7-9-12(11)15(20)22/h6-9,13H,2-5,10H2,1H3. The number of nitrogens with zero attached hydrogens (tertiary/aromatic N) is 1. The van der Waals surface area contributed by atoms with Crippen molar-refractivity contribution in [2.45, 2.75) is 51.2 Å². The Labute approximate surface area is 127 Å². The Morgan fingerprint density at radius 3 is 2.00 bits per heavy atom. The minimum absolute atomic E-state index is 0.0512. The highest BCUT2D eigenvalue weighted by Gasteiger charge is 2.50. The molecule has 0 bridgehead atoms. The molecule has 120 valence electrons. The van der Waals surface area contributed by atoms with Crippen LogP contribution in [0.15, 0.2) is 24.3 Å². The molecule has 3 nitrogen and oxygen atoms in total. The highest BCUT2D eigenvalue weighted by atomic mass is 19.4. The number of rotatable bonds is 6. The summed E-state index contributed by atoms with van der Waals surface area (Å²) in [5.74, 6) is -1.70. The summed E-state index contributed by atoms with van der Waals surface area (Å²) in [6.07, 6.45) is -2.11. The van der Waals surface area contributed by atoms with Crippen LogP contribution in [0.25, 0.3) is 0 Å². The molecule has 6 heteroatoms. The van der Waals surface area contributed by atoms with Crippen molar-refractivity contribution in [2.24, 2.45) is 0 Å². The minimum atomic E-state index is -4.61. The molecule has 0 aromatic heterocycles. The third kappa shape index (κ3) is 3.15. The Balaban J connectivity index is 2.22. The van der Waals surface area contributed by atoms with E-state index in [1.165, 1.54) is 24.3 Å². The summed E-state index contributed by atoms with van der Waals surface area (Å²) in [5.41, 5.74) is 0.102. The molecule has 1 aliphatic rings. The molecule has 1 heterocycles. The Kier molecular flexibility index (Phi) is 4.88. The fourth-order valence-electron chi connectivity index (χ4n) is 2.69. The summed E-state index contributed by atoms with van der Waals surface area (Å²) in [6.45, 7) is 1.96. The van der Waals surface area contributed by atoms with Gasteiger partial charge in [0.1, 0.15) is 6.04 Å². The van der Waals surface area contributed by atoms with E-state index in [4.69, 9.17) is 0 Å². The molecule has 22 heavy (non-hydrogen) atoms. The first-order valence-electron chi connectivity index (χ1n) is 7.41. The fraction of sp³-hybridized carbons (Fsp3) is 0.500. The molecule has 0 fully saturated rings. The lowest BCUT2D eigenvalue weighted by molar-refractivity contribution is -0.172. The second kappa shape index (κ2) is 6.50. The maximum atomic E-state index is 13.3. The summed E-state index contributed by atoms with van der Waals surface area (Å²) < 4.78 is 39.9. The average Bonchev–Trinajstić information content (AvgIpc) is 2.71. The third-order valence-corrected chi connectivity index (χ3v) is 3.85. The number of amides is 2. The van der Waals surface area contributed by atoms with Gasteiger partial charge in [0.15, 0.2) is 0 Å². The SMILES string of the molecule is CCCCCCC(N1C(=O)c2ccccc2C1=O)C(F)(F)F. The molecule has 2 amide bonds. The lowest BCUT2D eigenvalue weighted by atomic mass is 10.1. The van der Waals surface area contributed by atoms with Gasteiger partial charge < -0.3 is 0 Å². The Hall–Kier alpha value is -1.85. The van der Waals surface area contributed by atoms with Crippen molar-refractivity contribution in [2.75, 3.05) is 0 Å². The van der Waals surface area contributed by atoms with Crippen molar-refractivity contribution in [3.63, 3.8) is 0 Å². The van der Waals surface area contributed by atoms with Crippen LogP contribution in [0.2, 0.25) is 0 Å². The summed E-state index contributed by atoms with van der Waals surface area (Å²) in [5, 5.41) is 0. The van der Waals surface area contributed by atoms with Crippen LogP contribution in [0.3, 0.4) is 0 Å². The molecule has 0 N–H and O–H groups in total. The number of hydrogen-bond donors (Lipinski definition) is 0. The highest BCUT2D eigenvalue weighted by molar-refractivity contribution is 6.21. The van der Waals surface area contributed by atoms with E-state index in [0.29, 0.717) is 17.7 Å². The Morgan fingerprint density at radius 1 is 1.00 bits per heavy atom. The number of unbranched alkanes of at least 4 members (excludes halogenated alkanes) is 3. The van der Waals surface area contributed by atoms with Gasteiger partial charge in [0.05, 0.1) is 11.1 Å². The molecule has 2 rings (SSSR count). The summed E-state index contributed by atoms with van der Waals surface area (Å²) in [4.78, 5) is 24.8. The van der Waals surface area contributed by atoms with Gasteiger partial charge in [-0.2, -0.15) is 13.2 Å². The molecule has 0 saturated carbocycles. The van der Waals surface area contributed by atoms with E-state index < -0.39 is 24.0 Å². The van der Waals surface area contributed by atoms with Crippen LogP contribution < -0.4 is 0 Å². The molecule has 0 radical (unpaired) electrons. The molecular weight excluding hydrogens is 295 g/mol. The smallest absolute Gasteiger partial charge is 0.269 e. The lowest BCUT2D eigenvalue weighted by Crippen LogP contribution is -2.48. The largest absolute Gasteiger partial charge is 0.409 e. The number of imide groups is 1. The number of fused-ring (bicyclic) bond motifs is 1. The van der Waals surface area contributed by atoms with E-state index in [1.807, 2.05) is 6.92 Å². The average molecular weight is 313 g/mol. The van der Waals surface area contributed by atoms with Crippen LogP contribution in [-0.2, 0) is 0 Å². The number of carbonyl (C=O) groups is 2. The van der Waals surface area contributed by atoms with E-state index in [-0.39, 0.29) is 17.5 Å². The van der Waals surface area contributed by atoms with Gasteiger partial charge in [-0.05, 0) is 18.6 Å². The Morgan fingerprint density at radius 2 is 1.55 bits per heavy atom. The Bertz CT molecular complexity index is 534. The normalized spacial score (nSPS) is 16.1. The predicted octanol–water partition coefficient (Wildman–Crippen LogP) is 4.18. The quantitative estimate of drug-likeness (QED) is 0.583. The van der Waals surface area contributed by atoms with E-state index in [0.717, 1.165) is 12.8 Å². The molecule has 1 atom stereocenters. The number of alkyl halides is 3. The van der Waals surface area contributed by atoms with Gasteiger partial charge in [-0.3, -0.25) is 14.5 Å². The van der Waals surface area contributed by atoms with Gasteiger partial charge in [0.25, 0.3) is 11.8 Å². The van der Waals surface area contributed by atoms with E-state index in [9.17, 15) is 22.8 Å². The van der Waals surface area contributed by atoms with Gasteiger partial charge in [-0.25, -0.2) is 0 Å². The monoisotopic (exact) mass is 313 g/mol. The lowest BCUT2D eigenvalue weighted by Gasteiger charge is -2.28. The first-order valence-corrected chi connectivity index (χ1v) is 7.41. The molecule has 1 aliphatic heterocycles. The van der Waals surface area contributed by atoms with E-state index in [1.54, 1.807) is 0 Å². The van der Waals surface area contributed by atoms with Crippen LogP contribution >= 0.6 is 0 Å². The maximum absolute atomic E-state index is 13.3. The number of benzene rings is 1. The van der Waals surface area contributed by atoms with Crippen molar-refractivity contribution in [3.05, 3.63) is 35.4 Å². The van der Waals surface area contributed by atoms with Crippen LogP contribution in [-0.4, -0.2) is 28.9 Å². The second-order valence-electron chi connectivity index (χ2n) is 5.43. The molecular formula is C16H18F3NO2. The van der Waals surface area contributed by atoms with Crippen LogP contribution in [0.1, 0.15) is 59.7 Å². The van der Waals surface area contributed by atoms with Crippen molar-refractivity contribution in [3.8, 4) is 0 Å². The number of hydrogen-bond acceptors (Lipinski definition) is 2. The molecule has 0 spiro atoms. The van der Waals surface area contributed by atoms with Crippen molar-refractivity contribution >= 4 is 11.8 Å². The van der Waals surface area contributed by atoms with Gasteiger partial charge in [0, 0.05) is 0 Å². The highest BCUT2D eigenvalue weighted by Crippen LogP contribution is 2.34. The van der Waals surface area contributed by atoms with Gasteiger partial charge in [0.2, 0.25) is 0 Å². The van der Waals surface area contributed by atoms with Crippen molar-refractivity contribution in [1.82, 2.24) is 4.90 Å². The van der Waals surface area contributed by atoms with Crippen molar-refractivity contribution in [1.29, 1.82) is 0 Å². The molecule has 1 aromatic rings. The maximum Gasteiger partial charge on any atom is 0.409 e. The zero-order valence-corrected chi connectivity index (χ0v) is 12.3. The van der Waals surface area contributed by atoms with Gasteiger partial charge in [-0.1, -0.05) is 44.7 Å². The molecule has 1 aromatic carbocycles. The molecule has 1 unspecified atom stereocenters. The summed E-state index contributed by atoms with van der Waals surface area (Å²) in [7, 11) is 0. The number of carbonyl (C=O) groups excluding carboxylic acids is 2. The first-order chi connectivity index (χ1) is 10.4. The zero-order chi connectivity index (χ0) is 16.3. The molecule has 0 saturated heterocycles. The number of halogens is 3. The topological polar surface area (TPSA) is 37.4 Å². The van der Waals surface area contributed by atoms with Crippen LogP contribution in [0.5, 0.6) is 0 Å². The summed E-state index contributed by atoms with van der Waals surface area (Å²) in [6, 6.07) is 3.81.